The quantitative estimate of drug-likeness (QED) is 0.249. The molecule has 4 fully saturated rings. The average Bonchev–Trinajstić information content (AvgIpc) is 3.78. The van der Waals surface area contributed by atoms with E-state index < -0.39 is 0 Å². The van der Waals surface area contributed by atoms with Gasteiger partial charge in [0.25, 0.3) is 5.91 Å². The van der Waals surface area contributed by atoms with E-state index in [4.69, 9.17) is 9.97 Å². The van der Waals surface area contributed by atoms with E-state index in [9.17, 15) is 14.4 Å². The van der Waals surface area contributed by atoms with Crippen molar-refractivity contribution >= 4 is 46.2 Å². The molecule has 4 aromatic rings. The van der Waals surface area contributed by atoms with Crippen LogP contribution in [-0.4, -0.2) is 111 Å². The number of amides is 3. The zero-order chi connectivity index (χ0) is 35.1. The van der Waals surface area contributed by atoms with Gasteiger partial charge in [-0.2, -0.15) is 4.98 Å². The third kappa shape index (κ3) is 6.92. The molecule has 2 N–H and O–H groups in total. The van der Waals surface area contributed by atoms with E-state index in [0.29, 0.717) is 36.3 Å². The lowest BCUT2D eigenvalue weighted by molar-refractivity contribution is -0.134. The fourth-order valence-electron chi connectivity index (χ4n) is 8.18. The van der Waals surface area contributed by atoms with Crippen molar-refractivity contribution in [2.24, 2.45) is 0 Å². The van der Waals surface area contributed by atoms with Crippen LogP contribution in [0.15, 0.2) is 54.9 Å². The molecule has 8 rings (SSSR count). The summed E-state index contributed by atoms with van der Waals surface area (Å²) < 4.78 is 2.12. The Balaban J connectivity index is 0.837. The van der Waals surface area contributed by atoms with Gasteiger partial charge in [0.05, 0.1) is 17.8 Å². The minimum atomic E-state index is -0.245. The third-order valence-corrected chi connectivity index (χ3v) is 11.0. The molecule has 3 saturated heterocycles. The lowest BCUT2D eigenvalue weighted by atomic mass is 9.89. The highest BCUT2D eigenvalue weighted by Gasteiger charge is 2.34. The van der Waals surface area contributed by atoms with E-state index in [1.165, 1.54) is 5.56 Å². The molecule has 51 heavy (non-hydrogen) atoms. The van der Waals surface area contributed by atoms with E-state index in [1.807, 2.05) is 30.5 Å². The molecule has 13 nitrogen and oxygen atoms in total. The molecular formula is C38H46N10O3. The van der Waals surface area contributed by atoms with Gasteiger partial charge < -0.3 is 19.7 Å². The van der Waals surface area contributed by atoms with Gasteiger partial charge in [-0.05, 0) is 48.6 Å². The molecule has 1 aromatic carbocycles. The highest BCUT2D eigenvalue weighted by Crippen LogP contribution is 2.35. The summed E-state index contributed by atoms with van der Waals surface area (Å²) >= 11 is 0. The van der Waals surface area contributed by atoms with Gasteiger partial charge in [0.2, 0.25) is 17.8 Å². The van der Waals surface area contributed by atoms with Crippen molar-refractivity contribution < 1.29 is 14.4 Å². The van der Waals surface area contributed by atoms with Gasteiger partial charge in [-0.3, -0.25) is 29.5 Å². The summed E-state index contributed by atoms with van der Waals surface area (Å²) in [5, 5.41) is 6.63. The van der Waals surface area contributed by atoms with Gasteiger partial charge in [-0.15, -0.1) is 0 Å². The number of piperidine rings is 1. The smallest absolute Gasteiger partial charge is 0.270 e. The van der Waals surface area contributed by atoms with E-state index >= 15 is 0 Å². The van der Waals surface area contributed by atoms with Crippen LogP contribution in [0.1, 0.15) is 72.1 Å². The van der Waals surface area contributed by atoms with Crippen LogP contribution in [0.5, 0.6) is 0 Å². The lowest BCUT2D eigenvalue weighted by Crippen LogP contribution is -2.62. The molecule has 0 spiro atoms. The summed E-state index contributed by atoms with van der Waals surface area (Å²) in [5.41, 5.74) is 4.76. The zero-order valence-electron chi connectivity index (χ0n) is 29.4. The maximum atomic E-state index is 13.0. The van der Waals surface area contributed by atoms with E-state index in [1.54, 1.807) is 25.2 Å². The first-order valence-electron chi connectivity index (χ1n) is 18.3. The first-order chi connectivity index (χ1) is 24.8. The summed E-state index contributed by atoms with van der Waals surface area (Å²) in [7, 11) is 3.57. The standard InChI is InChI=1S/C38H46N10O3/c1-44(2)37(51)32-19-27-20-40-38(43-35(27)48(32)28-8-3-4-9-28)41-33-12-10-29(21-39-33)46-14-16-47(17-15-46)30-23-45(24-30)22-25-6-5-7-26(18-25)31-11-13-34(49)42-36(31)50/h5-7,10,12,18-21,28,30-31H,3-4,8-9,11,13-17,22-24H2,1-2H3,(H,42,49,50)(H,39,40,41,43). The highest BCUT2D eigenvalue weighted by molar-refractivity contribution is 6.01. The summed E-state index contributed by atoms with van der Waals surface area (Å²) in [6.07, 6.45) is 9.09. The molecule has 266 valence electrons. The molecule has 1 saturated carbocycles. The summed E-state index contributed by atoms with van der Waals surface area (Å²) in [5.74, 6) is 0.520. The Kier molecular flexibility index (Phi) is 9.15. The van der Waals surface area contributed by atoms with Gasteiger partial charge in [-0.25, -0.2) is 9.97 Å². The number of aromatic nitrogens is 4. The lowest BCUT2D eigenvalue weighted by Gasteiger charge is -2.48. The summed E-state index contributed by atoms with van der Waals surface area (Å²) in [4.78, 5) is 60.2. The first kappa shape index (κ1) is 33.3. The second-order valence-electron chi connectivity index (χ2n) is 14.7. The van der Waals surface area contributed by atoms with Crippen LogP contribution in [0.2, 0.25) is 0 Å². The van der Waals surface area contributed by atoms with Gasteiger partial charge in [0.1, 0.15) is 17.2 Å². The number of benzene rings is 1. The van der Waals surface area contributed by atoms with Crippen LogP contribution in [0.4, 0.5) is 17.5 Å². The van der Waals surface area contributed by atoms with Gasteiger partial charge >= 0.3 is 0 Å². The van der Waals surface area contributed by atoms with Crippen molar-refractivity contribution in [1.82, 2.24) is 39.5 Å². The Morgan fingerprint density at radius 3 is 2.47 bits per heavy atom. The minimum absolute atomic E-state index is 0.0197. The number of rotatable bonds is 9. The number of pyridine rings is 1. The number of hydrogen-bond donors (Lipinski definition) is 2. The summed E-state index contributed by atoms with van der Waals surface area (Å²) in [6.45, 7) is 6.86. The molecule has 0 radical (unpaired) electrons. The molecule has 1 aliphatic carbocycles. The highest BCUT2D eigenvalue weighted by atomic mass is 16.2. The Morgan fingerprint density at radius 1 is 0.941 bits per heavy atom. The Morgan fingerprint density at radius 2 is 1.75 bits per heavy atom. The van der Waals surface area contributed by atoms with Crippen LogP contribution in [0, 0.1) is 0 Å². The van der Waals surface area contributed by atoms with Crippen molar-refractivity contribution in [2.75, 3.05) is 63.6 Å². The normalized spacial score (nSPS) is 20.8. The van der Waals surface area contributed by atoms with Crippen LogP contribution < -0.4 is 15.5 Å². The fourth-order valence-corrected chi connectivity index (χ4v) is 8.18. The largest absolute Gasteiger partial charge is 0.368 e. The molecule has 4 aliphatic rings. The van der Waals surface area contributed by atoms with Gasteiger partial charge in [0.15, 0.2) is 0 Å². The molecular weight excluding hydrogens is 644 g/mol. The summed E-state index contributed by atoms with van der Waals surface area (Å²) in [6, 6.07) is 15.1. The monoisotopic (exact) mass is 690 g/mol. The predicted octanol–water partition coefficient (Wildman–Crippen LogP) is 3.91. The van der Waals surface area contributed by atoms with Crippen LogP contribution in [0.25, 0.3) is 11.0 Å². The third-order valence-electron chi connectivity index (χ3n) is 11.0. The maximum Gasteiger partial charge on any atom is 0.270 e. The molecule has 1 atom stereocenters. The van der Waals surface area contributed by atoms with Gasteiger partial charge in [-0.1, -0.05) is 37.1 Å². The second kappa shape index (κ2) is 14.0. The number of anilines is 3. The van der Waals surface area contributed by atoms with Crippen molar-refractivity contribution in [3.8, 4) is 0 Å². The number of piperazine rings is 1. The van der Waals surface area contributed by atoms with Gasteiger partial charge in [0, 0.05) is 90.0 Å². The number of nitrogens with one attached hydrogen (secondary N) is 2. The van der Waals surface area contributed by atoms with E-state index in [-0.39, 0.29) is 29.7 Å². The number of nitrogens with zero attached hydrogens (tertiary/aromatic N) is 8. The Bertz CT molecular complexity index is 1920. The first-order valence-corrected chi connectivity index (χ1v) is 18.3. The van der Waals surface area contributed by atoms with Crippen LogP contribution in [0.3, 0.4) is 0 Å². The van der Waals surface area contributed by atoms with Crippen LogP contribution >= 0.6 is 0 Å². The Hall–Kier alpha value is -4.88. The second-order valence-corrected chi connectivity index (χ2v) is 14.7. The van der Waals surface area contributed by atoms with Crippen molar-refractivity contribution in [3.63, 3.8) is 0 Å². The number of hydrogen-bond acceptors (Lipinski definition) is 10. The van der Waals surface area contributed by atoms with Crippen LogP contribution in [-0.2, 0) is 16.1 Å². The topological polar surface area (TPSA) is 132 Å². The molecule has 6 heterocycles. The average molecular weight is 691 g/mol. The van der Waals surface area contributed by atoms with E-state index in [2.05, 4.69) is 53.1 Å². The molecule has 3 aliphatic heterocycles. The molecule has 0 bridgehead atoms. The number of likely N-dealkylation sites (tertiary alicyclic amines) is 1. The predicted molar refractivity (Wildman–Crippen MR) is 195 cm³/mol. The van der Waals surface area contributed by atoms with E-state index in [0.717, 1.165) is 93.8 Å². The fraction of sp³-hybridized carbons (Fsp3) is 0.474. The number of carbonyl (C=O) groups excluding carboxylic acids is 3. The zero-order valence-corrected chi connectivity index (χ0v) is 29.4. The number of fused-ring (bicyclic) bond motifs is 1. The SMILES string of the molecule is CN(C)C(=O)c1cc2cnc(Nc3ccc(N4CCN(C5CN(Cc6cccc(C7CCC(=O)NC7=O)c6)C5)CC4)cn3)nc2n1C1CCCC1. The number of carbonyl (C=O) groups is 3. The van der Waals surface area contributed by atoms with Crippen molar-refractivity contribution in [2.45, 2.75) is 63.1 Å². The molecule has 1 unspecified atom stereocenters. The van der Waals surface area contributed by atoms with Crippen molar-refractivity contribution in [1.29, 1.82) is 0 Å². The number of imide groups is 1. The molecule has 3 aromatic heterocycles. The minimum Gasteiger partial charge on any atom is -0.368 e. The maximum absolute atomic E-state index is 13.0. The molecule has 3 amide bonds. The Labute approximate surface area is 298 Å². The van der Waals surface area contributed by atoms with Crippen molar-refractivity contribution in [3.05, 3.63) is 71.7 Å². The molecule has 13 heteroatoms.